The number of Topliss-reactive ketones (excluding diaryl/α,β-unsaturated/α-hetero) is 1. The van der Waals surface area contributed by atoms with Crippen LogP contribution in [0, 0.1) is 0 Å². The molecule has 0 bridgehead atoms. The van der Waals surface area contributed by atoms with Crippen LogP contribution in [-0.2, 0) is 4.79 Å². The van der Waals surface area contributed by atoms with E-state index < -0.39 is 17.7 Å². The Balaban J connectivity index is 1.94. The number of carboxylic acids is 1. The molecule has 2 aromatic carbocycles. The minimum absolute atomic E-state index is 0.0877. The van der Waals surface area contributed by atoms with Gasteiger partial charge in [0.2, 0.25) is 0 Å². The van der Waals surface area contributed by atoms with E-state index in [1.807, 2.05) is 12.1 Å². The SMILES string of the molecule is O=C(O)C(=O)c1ccc(/C=C/c2cccnc2)cc1NC(=O)c1ccccc1. The molecule has 0 fully saturated rings. The maximum atomic E-state index is 12.5. The Morgan fingerprint density at radius 3 is 2.32 bits per heavy atom. The number of ketones is 1. The zero-order valence-corrected chi connectivity index (χ0v) is 14.7. The van der Waals surface area contributed by atoms with Gasteiger partial charge >= 0.3 is 5.97 Å². The molecule has 1 aromatic heterocycles. The van der Waals surface area contributed by atoms with E-state index >= 15 is 0 Å². The lowest BCUT2D eigenvalue weighted by molar-refractivity contribution is -0.131. The van der Waals surface area contributed by atoms with Gasteiger partial charge in [0.15, 0.2) is 0 Å². The van der Waals surface area contributed by atoms with Gasteiger partial charge in [-0.2, -0.15) is 0 Å². The Morgan fingerprint density at radius 1 is 0.893 bits per heavy atom. The standard InChI is InChI=1S/C22H16N2O4/c25-20(22(27)28)18-11-10-15(8-9-16-5-4-12-23-14-16)13-19(18)24-21(26)17-6-2-1-3-7-17/h1-14H,(H,24,26)(H,27,28)/b9-8+. The molecule has 0 saturated heterocycles. The van der Waals surface area contributed by atoms with E-state index in [2.05, 4.69) is 10.3 Å². The molecule has 0 unspecified atom stereocenters. The smallest absolute Gasteiger partial charge is 0.377 e. The quantitative estimate of drug-likeness (QED) is 0.507. The average Bonchev–Trinajstić information content (AvgIpc) is 2.73. The van der Waals surface area contributed by atoms with Crippen LogP contribution in [-0.4, -0.2) is 27.8 Å². The highest BCUT2D eigenvalue weighted by atomic mass is 16.4. The first-order valence-electron chi connectivity index (χ1n) is 8.41. The van der Waals surface area contributed by atoms with Crippen molar-refractivity contribution in [1.29, 1.82) is 0 Å². The van der Waals surface area contributed by atoms with Crippen LogP contribution >= 0.6 is 0 Å². The molecule has 0 spiro atoms. The van der Waals surface area contributed by atoms with E-state index in [-0.39, 0.29) is 11.3 Å². The van der Waals surface area contributed by atoms with Gasteiger partial charge < -0.3 is 10.4 Å². The molecular formula is C22H16N2O4. The third-order valence-electron chi connectivity index (χ3n) is 3.92. The number of pyridine rings is 1. The van der Waals surface area contributed by atoms with Crippen molar-refractivity contribution < 1.29 is 19.5 Å². The van der Waals surface area contributed by atoms with Gasteiger partial charge in [-0.15, -0.1) is 0 Å². The number of benzene rings is 2. The molecule has 0 aliphatic heterocycles. The van der Waals surface area contributed by atoms with Gasteiger partial charge in [0.25, 0.3) is 11.7 Å². The van der Waals surface area contributed by atoms with Gasteiger partial charge in [-0.3, -0.25) is 14.6 Å². The van der Waals surface area contributed by atoms with E-state index in [9.17, 15) is 14.4 Å². The molecule has 3 aromatic rings. The summed E-state index contributed by atoms with van der Waals surface area (Å²) in [5.41, 5.74) is 2.01. The topological polar surface area (TPSA) is 96.4 Å². The second kappa shape index (κ2) is 8.55. The van der Waals surface area contributed by atoms with E-state index in [1.54, 1.807) is 67.0 Å². The number of carboxylic acid groups (broad SMARTS) is 1. The Hall–Kier alpha value is -4.06. The van der Waals surface area contributed by atoms with Crippen LogP contribution in [0.2, 0.25) is 0 Å². The highest BCUT2D eigenvalue weighted by Gasteiger charge is 2.20. The Kier molecular flexibility index (Phi) is 5.72. The molecule has 0 aliphatic carbocycles. The molecule has 0 aliphatic rings. The largest absolute Gasteiger partial charge is 0.475 e. The lowest BCUT2D eigenvalue weighted by Crippen LogP contribution is -2.18. The first kappa shape index (κ1) is 18.7. The van der Waals surface area contributed by atoms with Crippen LogP contribution in [0.4, 0.5) is 5.69 Å². The number of carbonyl (C=O) groups is 3. The molecule has 0 saturated carbocycles. The van der Waals surface area contributed by atoms with E-state index in [4.69, 9.17) is 5.11 Å². The summed E-state index contributed by atoms with van der Waals surface area (Å²) in [6.07, 6.45) is 6.96. The zero-order valence-electron chi connectivity index (χ0n) is 14.7. The molecule has 6 nitrogen and oxygen atoms in total. The fourth-order valence-corrected chi connectivity index (χ4v) is 2.53. The molecule has 6 heteroatoms. The summed E-state index contributed by atoms with van der Waals surface area (Å²) in [5, 5.41) is 11.7. The Labute approximate surface area is 161 Å². The number of rotatable bonds is 6. The van der Waals surface area contributed by atoms with Gasteiger partial charge in [-0.1, -0.05) is 42.5 Å². The van der Waals surface area contributed by atoms with Crippen molar-refractivity contribution in [2.75, 3.05) is 5.32 Å². The molecule has 2 N–H and O–H groups in total. The number of nitrogens with zero attached hydrogens (tertiary/aromatic N) is 1. The maximum Gasteiger partial charge on any atom is 0.377 e. The number of aliphatic carboxylic acids is 1. The predicted molar refractivity (Wildman–Crippen MR) is 106 cm³/mol. The van der Waals surface area contributed by atoms with Crippen molar-refractivity contribution in [2.45, 2.75) is 0 Å². The van der Waals surface area contributed by atoms with Gasteiger partial charge in [-0.05, 0) is 41.5 Å². The van der Waals surface area contributed by atoms with E-state index in [0.29, 0.717) is 11.1 Å². The van der Waals surface area contributed by atoms with Gasteiger partial charge in [0, 0.05) is 18.0 Å². The number of carbonyl (C=O) groups excluding carboxylic acids is 2. The zero-order chi connectivity index (χ0) is 19.9. The lowest BCUT2D eigenvalue weighted by atomic mass is 10.0. The molecule has 3 rings (SSSR count). The first-order valence-corrected chi connectivity index (χ1v) is 8.41. The second-order valence-electron chi connectivity index (χ2n) is 5.88. The summed E-state index contributed by atoms with van der Waals surface area (Å²) in [7, 11) is 0. The molecule has 0 radical (unpaired) electrons. The van der Waals surface area contributed by atoms with Crippen LogP contribution in [0.15, 0.2) is 73.1 Å². The third-order valence-corrected chi connectivity index (χ3v) is 3.92. The normalized spacial score (nSPS) is 10.6. The van der Waals surface area contributed by atoms with Crippen molar-refractivity contribution in [3.05, 3.63) is 95.3 Å². The maximum absolute atomic E-state index is 12.5. The Bertz CT molecular complexity index is 1040. The lowest BCUT2D eigenvalue weighted by Gasteiger charge is -2.10. The Morgan fingerprint density at radius 2 is 1.64 bits per heavy atom. The second-order valence-corrected chi connectivity index (χ2v) is 5.88. The van der Waals surface area contributed by atoms with E-state index in [1.165, 1.54) is 6.07 Å². The number of anilines is 1. The number of hydrogen-bond donors (Lipinski definition) is 2. The van der Waals surface area contributed by atoms with Crippen molar-refractivity contribution >= 4 is 35.5 Å². The highest BCUT2D eigenvalue weighted by molar-refractivity contribution is 6.41. The third kappa shape index (κ3) is 4.56. The van der Waals surface area contributed by atoms with Crippen LogP contribution in [0.5, 0.6) is 0 Å². The molecule has 1 heterocycles. The molecule has 0 atom stereocenters. The van der Waals surface area contributed by atoms with Crippen LogP contribution in [0.1, 0.15) is 31.8 Å². The average molecular weight is 372 g/mol. The van der Waals surface area contributed by atoms with Gasteiger partial charge in [0.05, 0.1) is 11.3 Å². The van der Waals surface area contributed by atoms with Crippen LogP contribution < -0.4 is 5.32 Å². The van der Waals surface area contributed by atoms with Gasteiger partial charge in [-0.25, -0.2) is 4.79 Å². The minimum Gasteiger partial charge on any atom is -0.475 e. The van der Waals surface area contributed by atoms with Crippen molar-refractivity contribution in [3.8, 4) is 0 Å². The molecule has 138 valence electrons. The number of amides is 1. The minimum atomic E-state index is -1.59. The molecule has 28 heavy (non-hydrogen) atoms. The predicted octanol–water partition coefficient (Wildman–Crippen LogP) is 3.77. The fourth-order valence-electron chi connectivity index (χ4n) is 2.53. The van der Waals surface area contributed by atoms with Crippen LogP contribution in [0.25, 0.3) is 12.2 Å². The summed E-state index contributed by atoms with van der Waals surface area (Å²) in [4.78, 5) is 39.6. The molecule has 1 amide bonds. The highest BCUT2D eigenvalue weighted by Crippen LogP contribution is 2.21. The fraction of sp³-hybridized carbons (Fsp3) is 0. The summed E-state index contributed by atoms with van der Waals surface area (Å²) < 4.78 is 0. The summed E-state index contributed by atoms with van der Waals surface area (Å²) >= 11 is 0. The number of aromatic nitrogens is 1. The number of nitrogens with one attached hydrogen (secondary N) is 1. The van der Waals surface area contributed by atoms with Crippen molar-refractivity contribution in [3.63, 3.8) is 0 Å². The summed E-state index contributed by atoms with van der Waals surface area (Å²) in [6, 6.07) is 16.7. The van der Waals surface area contributed by atoms with Crippen molar-refractivity contribution in [1.82, 2.24) is 4.98 Å². The van der Waals surface area contributed by atoms with Crippen molar-refractivity contribution in [2.24, 2.45) is 0 Å². The number of hydrogen-bond acceptors (Lipinski definition) is 4. The first-order chi connectivity index (χ1) is 13.5. The molecular weight excluding hydrogens is 356 g/mol. The summed E-state index contributed by atoms with van der Waals surface area (Å²) in [5.74, 6) is -3.12. The summed E-state index contributed by atoms with van der Waals surface area (Å²) in [6.45, 7) is 0. The van der Waals surface area contributed by atoms with Crippen LogP contribution in [0.3, 0.4) is 0 Å². The van der Waals surface area contributed by atoms with E-state index in [0.717, 1.165) is 5.56 Å². The monoisotopic (exact) mass is 372 g/mol. The van der Waals surface area contributed by atoms with Gasteiger partial charge in [0.1, 0.15) is 0 Å².